The van der Waals surface area contributed by atoms with Crippen LogP contribution in [-0.4, -0.2) is 43.8 Å². The average Bonchev–Trinajstić information content (AvgIpc) is 2.69. The van der Waals surface area contributed by atoms with Gasteiger partial charge in [-0.1, -0.05) is 6.42 Å². The van der Waals surface area contributed by atoms with Crippen molar-refractivity contribution in [2.75, 3.05) is 25.5 Å². The highest BCUT2D eigenvalue weighted by Crippen LogP contribution is 2.27. The highest BCUT2D eigenvalue weighted by molar-refractivity contribution is 7.89. The molecule has 0 aliphatic carbocycles. The Bertz CT molecular complexity index is 879. The molecule has 3 rings (SSSR count). The number of anilines is 1. The number of carbonyl (C=O) groups excluding carboxylic acids is 1. The van der Waals surface area contributed by atoms with Gasteiger partial charge in [-0.25, -0.2) is 8.42 Å². The van der Waals surface area contributed by atoms with Crippen molar-refractivity contribution in [3.63, 3.8) is 0 Å². The van der Waals surface area contributed by atoms with E-state index < -0.39 is 15.9 Å². The minimum absolute atomic E-state index is 0.0973. The van der Waals surface area contributed by atoms with Crippen molar-refractivity contribution in [1.82, 2.24) is 9.29 Å². The Labute approximate surface area is 153 Å². The molecule has 0 bridgehead atoms. The molecule has 1 N–H and O–H groups in total. The lowest BCUT2D eigenvalue weighted by Crippen LogP contribution is -2.35. The molecular weight excluding hydrogens is 354 g/mol. The highest BCUT2D eigenvalue weighted by atomic mass is 32.2. The van der Waals surface area contributed by atoms with Gasteiger partial charge in [-0.05, 0) is 43.2 Å². The molecule has 2 aromatic rings. The lowest BCUT2D eigenvalue weighted by molar-refractivity contribution is 0.102. The van der Waals surface area contributed by atoms with Crippen LogP contribution in [-0.2, 0) is 10.0 Å². The van der Waals surface area contributed by atoms with Crippen molar-refractivity contribution in [2.24, 2.45) is 0 Å². The van der Waals surface area contributed by atoms with Crippen molar-refractivity contribution in [1.29, 1.82) is 0 Å². The van der Waals surface area contributed by atoms with Gasteiger partial charge in [0.25, 0.3) is 5.91 Å². The molecule has 0 unspecified atom stereocenters. The van der Waals surface area contributed by atoms with Crippen molar-refractivity contribution < 1.29 is 17.9 Å². The third-order valence-corrected chi connectivity index (χ3v) is 6.20. The fourth-order valence-corrected chi connectivity index (χ4v) is 4.46. The molecule has 138 valence electrons. The summed E-state index contributed by atoms with van der Waals surface area (Å²) in [7, 11) is -2.19. The smallest absolute Gasteiger partial charge is 0.259 e. The Hall–Kier alpha value is -2.45. The molecule has 1 aliphatic rings. The van der Waals surface area contributed by atoms with Crippen LogP contribution in [0.4, 0.5) is 5.69 Å². The summed E-state index contributed by atoms with van der Waals surface area (Å²) in [5.74, 6) is -0.127. The summed E-state index contributed by atoms with van der Waals surface area (Å²) in [6.45, 7) is 1.01. The number of hydrogen-bond acceptors (Lipinski definition) is 5. The minimum Gasteiger partial charge on any atom is -0.496 e. The molecule has 1 aromatic heterocycles. The van der Waals surface area contributed by atoms with E-state index in [4.69, 9.17) is 4.74 Å². The fourth-order valence-electron chi connectivity index (χ4n) is 2.91. The number of ether oxygens (including phenoxy) is 1. The molecule has 1 saturated heterocycles. The Kier molecular flexibility index (Phi) is 5.53. The van der Waals surface area contributed by atoms with Gasteiger partial charge >= 0.3 is 0 Å². The molecule has 1 aromatic carbocycles. The molecule has 8 heteroatoms. The van der Waals surface area contributed by atoms with Crippen LogP contribution in [0.1, 0.15) is 29.6 Å². The summed E-state index contributed by atoms with van der Waals surface area (Å²) in [6, 6.07) is 7.67. The lowest BCUT2D eigenvalue weighted by atomic mass is 10.2. The van der Waals surface area contributed by atoms with Crippen LogP contribution < -0.4 is 10.1 Å². The highest BCUT2D eigenvalue weighted by Gasteiger charge is 2.27. The topological polar surface area (TPSA) is 88.6 Å². The Morgan fingerprint density at radius 3 is 2.46 bits per heavy atom. The number of aromatic nitrogens is 1. The van der Waals surface area contributed by atoms with E-state index in [0.717, 1.165) is 19.3 Å². The summed E-state index contributed by atoms with van der Waals surface area (Å²) in [5, 5.41) is 2.72. The van der Waals surface area contributed by atoms with Crippen LogP contribution in [0.2, 0.25) is 0 Å². The molecule has 1 aliphatic heterocycles. The number of sulfonamides is 1. The zero-order valence-electron chi connectivity index (χ0n) is 14.5. The maximum atomic E-state index is 12.9. The van der Waals surface area contributed by atoms with Gasteiger partial charge in [0.2, 0.25) is 10.0 Å². The van der Waals surface area contributed by atoms with Gasteiger partial charge in [0.15, 0.2) is 0 Å². The van der Waals surface area contributed by atoms with Crippen molar-refractivity contribution in [3.8, 4) is 5.75 Å². The number of nitrogens with zero attached hydrogens (tertiary/aromatic N) is 2. The SMILES string of the molecule is COc1ccc(S(=O)(=O)N2CCCCC2)cc1C(=O)Nc1ccncc1. The van der Waals surface area contributed by atoms with Crippen LogP contribution >= 0.6 is 0 Å². The Balaban J connectivity index is 1.92. The zero-order chi connectivity index (χ0) is 18.6. The third-order valence-electron chi connectivity index (χ3n) is 4.31. The van der Waals surface area contributed by atoms with Crippen LogP contribution in [0.5, 0.6) is 5.75 Å². The average molecular weight is 375 g/mol. The second kappa shape index (κ2) is 7.84. The molecule has 7 nitrogen and oxygen atoms in total. The largest absolute Gasteiger partial charge is 0.496 e. The van der Waals surface area contributed by atoms with Crippen molar-refractivity contribution in [2.45, 2.75) is 24.2 Å². The summed E-state index contributed by atoms with van der Waals surface area (Å²) >= 11 is 0. The number of piperidine rings is 1. The minimum atomic E-state index is -3.63. The first kappa shape index (κ1) is 18.3. The van der Waals surface area contributed by atoms with Gasteiger partial charge in [0, 0.05) is 31.2 Å². The maximum Gasteiger partial charge on any atom is 0.259 e. The Morgan fingerprint density at radius 2 is 1.81 bits per heavy atom. The van der Waals surface area contributed by atoms with Gasteiger partial charge in [-0.2, -0.15) is 4.31 Å². The number of carbonyl (C=O) groups is 1. The second-order valence-electron chi connectivity index (χ2n) is 6.02. The van der Waals surface area contributed by atoms with E-state index in [0.29, 0.717) is 24.5 Å². The summed E-state index contributed by atoms with van der Waals surface area (Å²) in [4.78, 5) is 16.6. The first-order chi connectivity index (χ1) is 12.5. The molecule has 1 amide bonds. The zero-order valence-corrected chi connectivity index (χ0v) is 15.3. The van der Waals surface area contributed by atoms with Gasteiger partial charge in [0.05, 0.1) is 17.6 Å². The third kappa shape index (κ3) is 3.86. The summed E-state index contributed by atoms with van der Waals surface area (Å²) in [6.07, 6.45) is 5.86. The quantitative estimate of drug-likeness (QED) is 0.867. The summed E-state index contributed by atoms with van der Waals surface area (Å²) in [5.41, 5.74) is 0.735. The number of amides is 1. The standard InChI is InChI=1S/C18H21N3O4S/c1-25-17-6-5-15(26(23,24)21-11-3-2-4-12-21)13-16(17)18(22)20-14-7-9-19-10-8-14/h5-10,13H,2-4,11-12H2,1H3,(H,19,20,22). The number of benzene rings is 1. The van der Waals surface area contributed by atoms with E-state index in [9.17, 15) is 13.2 Å². The van der Waals surface area contributed by atoms with Gasteiger partial charge in [-0.15, -0.1) is 0 Å². The first-order valence-corrected chi connectivity index (χ1v) is 9.86. The van der Waals surface area contributed by atoms with Crippen LogP contribution in [0.25, 0.3) is 0 Å². The number of rotatable bonds is 5. The van der Waals surface area contributed by atoms with Gasteiger partial charge in [0.1, 0.15) is 5.75 Å². The van der Waals surface area contributed by atoms with Crippen LogP contribution in [0.3, 0.4) is 0 Å². The number of hydrogen-bond donors (Lipinski definition) is 1. The van der Waals surface area contributed by atoms with E-state index >= 15 is 0 Å². The predicted octanol–water partition coefficient (Wildman–Crippen LogP) is 2.52. The van der Waals surface area contributed by atoms with Crippen LogP contribution in [0.15, 0.2) is 47.6 Å². The van der Waals surface area contributed by atoms with E-state index in [1.54, 1.807) is 24.5 Å². The van der Waals surface area contributed by atoms with E-state index in [1.807, 2.05) is 0 Å². The molecule has 0 radical (unpaired) electrons. The van der Waals surface area contributed by atoms with Crippen LogP contribution in [0, 0.1) is 0 Å². The van der Waals surface area contributed by atoms with E-state index in [1.165, 1.54) is 29.6 Å². The van der Waals surface area contributed by atoms with E-state index in [-0.39, 0.29) is 10.5 Å². The normalized spacial score (nSPS) is 15.4. The predicted molar refractivity (Wildman–Crippen MR) is 97.8 cm³/mol. The van der Waals surface area contributed by atoms with E-state index in [2.05, 4.69) is 10.3 Å². The number of nitrogens with one attached hydrogen (secondary N) is 1. The summed E-state index contributed by atoms with van der Waals surface area (Å²) < 4.78 is 32.4. The molecule has 0 spiro atoms. The van der Waals surface area contributed by atoms with Gasteiger partial charge < -0.3 is 10.1 Å². The number of methoxy groups -OCH3 is 1. The first-order valence-electron chi connectivity index (χ1n) is 8.42. The molecule has 0 atom stereocenters. The molecule has 2 heterocycles. The fraction of sp³-hybridized carbons (Fsp3) is 0.333. The molecule has 0 saturated carbocycles. The lowest BCUT2D eigenvalue weighted by Gasteiger charge is -2.26. The van der Waals surface area contributed by atoms with Gasteiger partial charge in [-0.3, -0.25) is 9.78 Å². The second-order valence-corrected chi connectivity index (χ2v) is 7.95. The maximum absolute atomic E-state index is 12.9. The van der Waals surface area contributed by atoms with Crippen molar-refractivity contribution in [3.05, 3.63) is 48.3 Å². The Morgan fingerprint density at radius 1 is 1.12 bits per heavy atom. The monoisotopic (exact) mass is 375 g/mol. The van der Waals surface area contributed by atoms with Crippen molar-refractivity contribution >= 4 is 21.6 Å². The molecule has 26 heavy (non-hydrogen) atoms. The molecular formula is C18H21N3O4S. The number of pyridine rings is 1. The molecule has 1 fully saturated rings.